The van der Waals surface area contributed by atoms with Gasteiger partial charge in [0.1, 0.15) is 5.03 Å². The number of allylic oxidation sites excluding steroid dienone is 1. The molecule has 0 aromatic carbocycles. The lowest BCUT2D eigenvalue weighted by molar-refractivity contribution is -0.421. The van der Waals surface area contributed by atoms with Gasteiger partial charge in [0.25, 0.3) is 0 Å². The molecule has 0 rings (SSSR count). The van der Waals surface area contributed by atoms with Crippen molar-refractivity contribution in [2.45, 2.75) is 0 Å². The van der Waals surface area contributed by atoms with E-state index in [2.05, 4.69) is 18.3 Å². The molecule has 0 atom stereocenters. The van der Waals surface area contributed by atoms with Crippen molar-refractivity contribution in [1.82, 2.24) is 0 Å². The molecule has 0 unspecified atom stereocenters. The van der Waals surface area contributed by atoms with Crippen LogP contribution in [-0.2, 0) is 0 Å². The minimum absolute atomic E-state index is 0.264. The minimum Gasteiger partial charge on any atom is -0.378 e. The number of hydrogen-bond donors (Lipinski definition) is 1. The topological polar surface area (TPSA) is 81.5 Å². The van der Waals surface area contributed by atoms with Gasteiger partial charge in [-0.2, -0.15) is 0 Å². The van der Waals surface area contributed by atoms with Crippen LogP contribution in [0.5, 0.6) is 0 Å². The number of nitrogens with zero attached hydrogens (tertiary/aromatic N) is 2. The molecule has 0 aromatic heterocycles. The van der Waals surface area contributed by atoms with Gasteiger partial charge in [-0.1, -0.05) is 18.2 Å². The van der Waals surface area contributed by atoms with Gasteiger partial charge in [-0.3, -0.25) is 10.1 Å². The van der Waals surface area contributed by atoms with E-state index >= 15 is 0 Å². The molecular weight excluding hydrogens is 170 g/mol. The largest absolute Gasteiger partial charge is 0.378 e. The van der Waals surface area contributed by atoms with Crippen molar-refractivity contribution in [3.05, 3.63) is 33.2 Å². The molecule has 6 heteroatoms. The van der Waals surface area contributed by atoms with Gasteiger partial charge in [0.05, 0.1) is 4.92 Å². The normalized spacial score (nSPS) is 11.7. The van der Waals surface area contributed by atoms with E-state index in [-0.39, 0.29) is 10.9 Å². The molecule has 2 N–H and O–H groups in total. The fraction of sp³-hybridized carbons (Fsp3) is 0. The van der Waals surface area contributed by atoms with Crippen molar-refractivity contribution >= 4 is 18.3 Å². The first kappa shape index (κ1) is 9.64. The van der Waals surface area contributed by atoms with Gasteiger partial charge >= 0.3 is 5.70 Å². The van der Waals surface area contributed by atoms with E-state index in [9.17, 15) is 10.1 Å². The summed E-state index contributed by atoms with van der Waals surface area (Å²) in [4.78, 5) is 12.6. The zero-order valence-electron chi connectivity index (χ0n) is 5.58. The van der Waals surface area contributed by atoms with Crippen LogP contribution in [0.3, 0.4) is 0 Å². The molecule has 0 aliphatic rings. The van der Waals surface area contributed by atoms with Crippen LogP contribution in [0.25, 0.3) is 0 Å². The summed E-state index contributed by atoms with van der Waals surface area (Å²) >= 11 is 5.25. The molecule has 0 aliphatic heterocycles. The van der Waals surface area contributed by atoms with Crippen LogP contribution in [0.15, 0.2) is 28.1 Å². The highest BCUT2D eigenvalue weighted by molar-refractivity contribution is 6.31. The first-order chi connectivity index (χ1) is 5.00. The second-order valence-electron chi connectivity index (χ2n) is 1.55. The van der Waals surface area contributed by atoms with Gasteiger partial charge in [-0.25, -0.2) is 4.99 Å². The molecule has 0 saturated heterocycles. The van der Waals surface area contributed by atoms with E-state index in [4.69, 9.17) is 17.3 Å². The van der Waals surface area contributed by atoms with Crippen molar-refractivity contribution in [3.8, 4) is 0 Å². The maximum Gasteiger partial charge on any atom is 0.328 e. The molecule has 0 fully saturated rings. The van der Waals surface area contributed by atoms with Gasteiger partial charge in [0, 0.05) is 0 Å². The Balaban J connectivity index is 5.04. The highest BCUT2D eigenvalue weighted by Crippen LogP contribution is 2.14. The zero-order chi connectivity index (χ0) is 9.02. The number of nitrogens with two attached hydrogens (primary N) is 1. The van der Waals surface area contributed by atoms with E-state index < -0.39 is 10.6 Å². The summed E-state index contributed by atoms with van der Waals surface area (Å²) < 4.78 is 0. The number of nitro groups is 1. The summed E-state index contributed by atoms with van der Waals surface area (Å²) in [6.45, 7) is 6.15. The Morgan fingerprint density at radius 3 is 2.27 bits per heavy atom. The second-order valence-corrected chi connectivity index (χ2v) is 2.01. The van der Waals surface area contributed by atoms with Crippen molar-refractivity contribution in [3.63, 3.8) is 0 Å². The Bertz CT molecular complexity index is 230. The lowest BCUT2D eigenvalue weighted by Crippen LogP contribution is -2.07. The fourth-order valence-corrected chi connectivity index (χ4v) is 0.572. The number of hydrogen-bond acceptors (Lipinski definition) is 4. The predicted octanol–water partition coefficient (Wildman–Crippen LogP) is 0.844. The quantitative estimate of drug-likeness (QED) is 0.299. The molecule has 0 amide bonds. The van der Waals surface area contributed by atoms with Crippen molar-refractivity contribution in [1.29, 1.82) is 0 Å². The van der Waals surface area contributed by atoms with Crippen LogP contribution in [0.2, 0.25) is 0 Å². The number of halogens is 1. The summed E-state index contributed by atoms with van der Waals surface area (Å²) in [6, 6.07) is 0. The third-order valence-corrected chi connectivity index (χ3v) is 1.03. The molecule has 11 heavy (non-hydrogen) atoms. The average Bonchev–Trinajstić information content (AvgIpc) is 1.85. The first-order valence-corrected chi connectivity index (χ1v) is 2.84. The van der Waals surface area contributed by atoms with Crippen LogP contribution in [0.4, 0.5) is 0 Å². The molecule has 5 nitrogen and oxygen atoms in total. The van der Waals surface area contributed by atoms with Gasteiger partial charge in [-0.15, -0.1) is 0 Å². The monoisotopic (exact) mass is 175 g/mol. The Morgan fingerprint density at radius 1 is 1.73 bits per heavy atom. The Labute approximate surface area is 68.0 Å². The smallest absolute Gasteiger partial charge is 0.328 e. The predicted molar refractivity (Wildman–Crippen MR) is 42.7 cm³/mol. The molecule has 0 spiro atoms. The minimum atomic E-state index is -0.765. The van der Waals surface area contributed by atoms with E-state index in [1.54, 1.807) is 0 Å². The molecular formula is C5H6ClN3O2. The highest BCUT2D eigenvalue weighted by atomic mass is 35.5. The van der Waals surface area contributed by atoms with Crippen LogP contribution >= 0.6 is 11.6 Å². The van der Waals surface area contributed by atoms with Gasteiger partial charge in [-0.05, 0) is 6.72 Å². The summed E-state index contributed by atoms with van der Waals surface area (Å²) in [5, 5.41) is 9.91. The van der Waals surface area contributed by atoms with E-state index in [0.717, 1.165) is 0 Å². The Morgan fingerprint density at radius 2 is 2.18 bits per heavy atom. The molecule has 0 saturated carbocycles. The highest BCUT2D eigenvalue weighted by Gasteiger charge is 2.18. The number of aliphatic imine (C=N–C) groups is 1. The fourth-order valence-electron chi connectivity index (χ4n) is 0.406. The molecule has 0 bridgehead atoms. The molecule has 60 valence electrons. The van der Waals surface area contributed by atoms with Crippen molar-refractivity contribution < 1.29 is 4.92 Å². The summed E-state index contributed by atoms with van der Waals surface area (Å²) in [7, 11) is 0. The Hall–Kier alpha value is -1.36. The molecule has 0 aliphatic carbocycles. The van der Waals surface area contributed by atoms with Gasteiger partial charge in [0.2, 0.25) is 5.82 Å². The maximum atomic E-state index is 10.2. The van der Waals surface area contributed by atoms with E-state index in [1.807, 2.05) is 0 Å². The first-order valence-electron chi connectivity index (χ1n) is 2.46. The molecule has 0 aromatic rings. The van der Waals surface area contributed by atoms with E-state index in [1.165, 1.54) is 0 Å². The SMILES string of the molecule is C=N/C(N)=C(\C(=C)Cl)[N+](=O)[O-]. The van der Waals surface area contributed by atoms with Crippen molar-refractivity contribution in [2.24, 2.45) is 10.7 Å². The average molecular weight is 176 g/mol. The van der Waals surface area contributed by atoms with Crippen molar-refractivity contribution in [2.75, 3.05) is 0 Å². The zero-order valence-corrected chi connectivity index (χ0v) is 6.34. The van der Waals surface area contributed by atoms with E-state index in [0.29, 0.717) is 0 Å². The second kappa shape index (κ2) is 3.72. The summed E-state index contributed by atoms with van der Waals surface area (Å²) in [5.41, 5.74) is 4.57. The molecule has 0 heterocycles. The van der Waals surface area contributed by atoms with Crippen LogP contribution in [-0.4, -0.2) is 11.6 Å². The third-order valence-electron chi connectivity index (χ3n) is 0.852. The van der Waals surface area contributed by atoms with Gasteiger partial charge < -0.3 is 5.73 Å². The van der Waals surface area contributed by atoms with Crippen LogP contribution in [0, 0.1) is 10.1 Å². The molecule has 0 radical (unpaired) electrons. The third kappa shape index (κ3) is 2.38. The van der Waals surface area contributed by atoms with Gasteiger partial charge in [0.15, 0.2) is 0 Å². The van der Waals surface area contributed by atoms with Crippen LogP contribution in [0.1, 0.15) is 0 Å². The number of rotatable bonds is 3. The summed E-state index contributed by atoms with van der Waals surface area (Å²) in [5.74, 6) is -0.338. The lowest BCUT2D eigenvalue weighted by atomic mass is 10.4. The van der Waals surface area contributed by atoms with Crippen LogP contribution < -0.4 is 5.73 Å². The standard InChI is InChI=1S/C5H6ClN3O2/c1-3(6)4(9(10)11)5(7)8-2/h1-2,7H2/b5-4+. The summed E-state index contributed by atoms with van der Waals surface area (Å²) in [6.07, 6.45) is 0. The maximum absolute atomic E-state index is 10.2. The lowest BCUT2D eigenvalue weighted by Gasteiger charge is -1.95. The Kier molecular flexibility index (Phi) is 3.26.